The average Bonchev–Trinajstić information content (AvgIpc) is 2.23. The zero-order chi connectivity index (χ0) is 11.3. The molecule has 1 N–H and O–H groups in total. The third kappa shape index (κ3) is 2.88. The van der Waals surface area contributed by atoms with E-state index < -0.39 is 0 Å². The van der Waals surface area contributed by atoms with E-state index in [-0.39, 0.29) is 5.75 Å². The van der Waals surface area contributed by atoms with Crippen LogP contribution >= 0.6 is 0 Å². The van der Waals surface area contributed by atoms with Gasteiger partial charge in [-0.1, -0.05) is 25.8 Å². The molecule has 84 valence electrons. The van der Waals surface area contributed by atoms with Gasteiger partial charge in [-0.05, 0) is 31.4 Å². The standard InChI is InChI=1S/C13H20O2/c1-4-5-6-7-11-10(2)8-9-12(14)13(11)15-3/h8-9,14H,4-7H2,1-3H3. The largest absolute Gasteiger partial charge is 0.504 e. The second kappa shape index (κ2) is 5.64. The fourth-order valence-corrected chi connectivity index (χ4v) is 1.80. The minimum Gasteiger partial charge on any atom is -0.504 e. The molecule has 0 saturated heterocycles. The van der Waals surface area contributed by atoms with Crippen LogP contribution < -0.4 is 4.74 Å². The highest BCUT2D eigenvalue weighted by atomic mass is 16.5. The summed E-state index contributed by atoms with van der Waals surface area (Å²) in [4.78, 5) is 0. The number of aromatic hydroxyl groups is 1. The van der Waals surface area contributed by atoms with E-state index >= 15 is 0 Å². The van der Waals surface area contributed by atoms with Crippen LogP contribution in [0, 0.1) is 6.92 Å². The fourth-order valence-electron chi connectivity index (χ4n) is 1.80. The molecule has 15 heavy (non-hydrogen) atoms. The molecule has 2 nitrogen and oxygen atoms in total. The van der Waals surface area contributed by atoms with E-state index in [0.717, 1.165) is 18.4 Å². The summed E-state index contributed by atoms with van der Waals surface area (Å²) in [5.74, 6) is 0.890. The quantitative estimate of drug-likeness (QED) is 0.751. The summed E-state index contributed by atoms with van der Waals surface area (Å²) in [6.07, 6.45) is 4.56. The second-order valence-corrected chi connectivity index (χ2v) is 3.87. The lowest BCUT2D eigenvalue weighted by atomic mass is 10.0. The van der Waals surface area contributed by atoms with Crippen molar-refractivity contribution >= 4 is 0 Å². The molecule has 0 bridgehead atoms. The van der Waals surface area contributed by atoms with Crippen LogP contribution in [-0.4, -0.2) is 12.2 Å². The molecule has 1 rings (SSSR count). The fraction of sp³-hybridized carbons (Fsp3) is 0.538. The van der Waals surface area contributed by atoms with Crippen molar-refractivity contribution in [2.24, 2.45) is 0 Å². The van der Waals surface area contributed by atoms with Gasteiger partial charge in [0.25, 0.3) is 0 Å². The third-order valence-corrected chi connectivity index (χ3v) is 2.71. The Bertz CT molecular complexity index is 319. The number of methoxy groups -OCH3 is 1. The molecule has 0 aliphatic carbocycles. The van der Waals surface area contributed by atoms with Crippen molar-refractivity contribution in [2.45, 2.75) is 39.5 Å². The minimum atomic E-state index is 0.245. The molecule has 0 radical (unpaired) electrons. The summed E-state index contributed by atoms with van der Waals surface area (Å²) in [5.41, 5.74) is 2.34. The van der Waals surface area contributed by atoms with E-state index in [1.807, 2.05) is 6.07 Å². The molecule has 0 spiro atoms. The van der Waals surface area contributed by atoms with Crippen LogP contribution in [0.1, 0.15) is 37.3 Å². The van der Waals surface area contributed by atoms with Crippen molar-refractivity contribution < 1.29 is 9.84 Å². The van der Waals surface area contributed by atoms with E-state index in [0.29, 0.717) is 5.75 Å². The molecule has 0 amide bonds. The molecule has 0 aromatic heterocycles. The number of phenolic OH excluding ortho intramolecular Hbond substituents is 1. The van der Waals surface area contributed by atoms with E-state index in [9.17, 15) is 5.11 Å². The van der Waals surface area contributed by atoms with Crippen LogP contribution in [0.2, 0.25) is 0 Å². The van der Waals surface area contributed by atoms with Crippen molar-refractivity contribution in [1.82, 2.24) is 0 Å². The van der Waals surface area contributed by atoms with Gasteiger partial charge in [0, 0.05) is 5.56 Å². The van der Waals surface area contributed by atoms with Crippen molar-refractivity contribution in [3.05, 3.63) is 23.3 Å². The summed E-state index contributed by atoms with van der Waals surface area (Å²) in [6, 6.07) is 3.64. The van der Waals surface area contributed by atoms with Gasteiger partial charge >= 0.3 is 0 Å². The Morgan fingerprint density at radius 2 is 2.00 bits per heavy atom. The van der Waals surface area contributed by atoms with Crippen LogP contribution in [0.5, 0.6) is 11.5 Å². The SMILES string of the molecule is CCCCCc1c(C)ccc(O)c1OC. The second-order valence-electron chi connectivity index (χ2n) is 3.87. The molecule has 0 fully saturated rings. The van der Waals surface area contributed by atoms with Gasteiger partial charge in [0.2, 0.25) is 0 Å². The van der Waals surface area contributed by atoms with Crippen molar-refractivity contribution in [3.8, 4) is 11.5 Å². The van der Waals surface area contributed by atoms with Crippen molar-refractivity contribution in [2.75, 3.05) is 7.11 Å². The lowest BCUT2D eigenvalue weighted by Crippen LogP contribution is -1.96. The Balaban J connectivity index is 2.87. The van der Waals surface area contributed by atoms with Gasteiger partial charge < -0.3 is 9.84 Å². The highest BCUT2D eigenvalue weighted by molar-refractivity contribution is 5.49. The molecule has 0 aliphatic heterocycles. The normalized spacial score (nSPS) is 10.3. The van der Waals surface area contributed by atoms with Crippen LogP contribution in [0.3, 0.4) is 0 Å². The van der Waals surface area contributed by atoms with Crippen LogP contribution in [0.4, 0.5) is 0 Å². The van der Waals surface area contributed by atoms with Gasteiger partial charge in [0.15, 0.2) is 11.5 Å². The van der Waals surface area contributed by atoms with E-state index in [4.69, 9.17) is 4.74 Å². The summed E-state index contributed by atoms with van der Waals surface area (Å²) in [5, 5.41) is 9.65. The van der Waals surface area contributed by atoms with Gasteiger partial charge in [0.1, 0.15) is 0 Å². The first kappa shape index (κ1) is 11.9. The number of hydrogen-bond acceptors (Lipinski definition) is 2. The number of hydrogen-bond donors (Lipinski definition) is 1. The first-order valence-electron chi connectivity index (χ1n) is 5.56. The number of phenols is 1. The first-order valence-corrected chi connectivity index (χ1v) is 5.56. The molecule has 0 atom stereocenters. The summed E-state index contributed by atoms with van der Waals surface area (Å²) >= 11 is 0. The topological polar surface area (TPSA) is 29.5 Å². The Kier molecular flexibility index (Phi) is 4.47. The number of benzene rings is 1. The lowest BCUT2D eigenvalue weighted by molar-refractivity contribution is 0.368. The average molecular weight is 208 g/mol. The summed E-state index contributed by atoms with van der Waals surface area (Å²) in [7, 11) is 1.61. The van der Waals surface area contributed by atoms with Gasteiger partial charge in [-0.3, -0.25) is 0 Å². The lowest BCUT2D eigenvalue weighted by Gasteiger charge is -2.12. The van der Waals surface area contributed by atoms with Crippen LogP contribution in [0.15, 0.2) is 12.1 Å². The Morgan fingerprint density at radius 1 is 1.27 bits per heavy atom. The maximum Gasteiger partial charge on any atom is 0.163 e. The van der Waals surface area contributed by atoms with Crippen LogP contribution in [0.25, 0.3) is 0 Å². The van der Waals surface area contributed by atoms with Gasteiger partial charge in [0.05, 0.1) is 7.11 Å². The van der Waals surface area contributed by atoms with E-state index in [1.165, 1.54) is 18.4 Å². The Morgan fingerprint density at radius 3 is 2.60 bits per heavy atom. The van der Waals surface area contributed by atoms with Crippen molar-refractivity contribution in [1.29, 1.82) is 0 Å². The molecule has 0 aliphatic rings. The summed E-state index contributed by atoms with van der Waals surface area (Å²) in [6.45, 7) is 4.25. The zero-order valence-electron chi connectivity index (χ0n) is 9.84. The minimum absolute atomic E-state index is 0.245. The molecule has 0 unspecified atom stereocenters. The Hall–Kier alpha value is -1.18. The number of unbranched alkanes of at least 4 members (excludes halogenated alkanes) is 2. The van der Waals surface area contributed by atoms with E-state index in [2.05, 4.69) is 13.8 Å². The number of rotatable bonds is 5. The van der Waals surface area contributed by atoms with E-state index in [1.54, 1.807) is 13.2 Å². The van der Waals surface area contributed by atoms with Gasteiger partial charge in [-0.25, -0.2) is 0 Å². The third-order valence-electron chi connectivity index (χ3n) is 2.71. The number of aryl methyl sites for hydroxylation is 1. The molecular formula is C13H20O2. The summed E-state index contributed by atoms with van der Waals surface area (Å²) < 4.78 is 5.24. The smallest absolute Gasteiger partial charge is 0.163 e. The van der Waals surface area contributed by atoms with Crippen LogP contribution in [-0.2, 0) is 6.42 Å². The monoisotopic (exact) mass is 208 g/mol. The van der Waals surface area contributed by atoms with Crippen molar-refractivity contribution in [3.63, 3.8) is 0 Å². The maximum atomic E-state index is 9.65. The zero-order valence-corrected chi connectivity index (χ0v) is 9.84. The molecule has 1 aromatic carbocycles. The predicted molar refractivity (Wildman–Crippen MR) is 62.6 cm³/mol. The van der Waals surface area contributed by atoms with Gasteiger partial charge in [-0.2, -0.15) is 0 Å². The predicted octanol–water partition coefficient (Wildman–Crippen LogP) is 3.44. The molecule has 1 aromatic rings. The molecular weight excluding hydrogens is 188 g/mol. The maximum absolute atomic E-state index is 9.65. The highest BCUT2D eigenvalue weighted by Gasteiger charge is 2.10. The molecule has 0 heterocycles. The number of ether oxygens (including phenoxy) is 1. The van der Waals surface area contributed by atoms with Gasteiger partial charge in [-0.15, -0.1) is 0 Å². The highest BCUT2D eigenvalue weighted by Crippen LogP contribution is 2.33. The Labute approximate surface area is 91.9 Å². The molecule has 2 heteroatoms. The first-order chi connectivity index (χ1) is 7.20. The molecule has 0 saturated carbocycles.